The second-order valence-corrected chi connectivity index (χ2v) is 8.96. The second kappa shape index (κ2) is 8.21. The number of carbonyl (C=O) groups is 1. The summed E-state index contributed by atoms with van der Waals surface area (Å²) in [5.41, 5.74) is 3.13. The number of hydrogen-bond acceptors (Lipinski definition) is 2. The van der Waals surface area contributed by atoms with Crippen LogP contribution in [0.25, 0.3) is 0 Å². The summed E-state index contributed by atoms with van der Waals surface area (Å²) in [7, 11) is -1.08. The van der Waals surface area contributed by atoms with Crippen LogP contribution in [-0.4, -0.2) is 34.5 Å². The van der Waals surface area contributed by atoms with Crippen molar-refractivity contribution in [3.05, 3.63) is 96.1 Å². The predicted octanol–water partition coefficient (Wildman–Crippen LogP) is 4.45. The van der Waals surface area contributed by atoms with Crippen LogP contribution in [0.4, 0.5) is 10.5 Å². The van der Waals surface area contributed by atoms with Crippen molar-refractivity contribution in [3.63, 3.8) is 0 Å². The Kier molecular flexibility index (Phi) is 5.49. The zero-order chi connectivity index (χ0) is 20.3. The molecule has 4 nitrogen and oxygen atoms in total. The molecule has 1 fully saturated rings. The van der Waals surface area contributed by atoms with Crippen LogP contribution in [0.1, 0.15) is 11.1 Å². The van der Waals surface area contributed by atoms with Gasteiger partial charge in [0.1, 0.15) is 0 Å². The molecule has 0 aliphatic carbocycles. The van der Waals surface area contributed by atoms with Crippen molar-refractivity contribution in [2.45, 2.75) is 16.7 Å². The molecule has 148 valence electrons. The number of urea groups is 1. The van der Waals surface area contributed by atoms with Gasteiger partial charge in [0.05, 0.1) is 0 Å². The number of hydrogen-bond donors (Lipinski definition) is 1. The van der Waals surface area contributed by atoms with Gasteiger partial charge >= 0.3 is 6.03 Å². The van der Waals surface area contributed by atoms with Gasteiger partial charge in [-0.3, -0.25) is 4.21 Å². The van der Waals surface area contributed by atoms with E-state index in [4.69, 9.17) is 0 Å². The summed E-state index contributed by atoms with van der Waals surface area (Å²) < 4.78 is 11.7. The number of rotatable bonds is 5. The van der Waals surface area contributed by atoms with Crippen molar-refractivity contribution in [2.75, 3.05) is 24.7 Å². The van der Waals surface area contributed by atoms with Crippen molar-refractivity contribution in [2.24, 2.45) is 0 Å². The van der Waals surface area contributed by atoms with E-state index in [1.165, 1.54) is 11.1 Å². The summed E-state index contributed by atoms with van der Waals surface area (Å²) in [4.78, 5) is 15.3. The zero-order valence-electron chi connectivity index (χ0n) is 16.4. The highest BCUT2D eigenvalue weighted by molar-refractivity contribution is 7.84. The van der Waals surface area contributed by atoms with Gasteiger partial charge in [0.25, 0.3) is 0 Å². The molecule has 1 unspecified atom stereocenters. The fourth-order valence-corrected chi connectivity index (χ4v) is 4.52. The van der Waals surface area contributed by atoms with Crippen LogP contribution in [0.2, 0.25) is 0 Å². The van der Waals surface area contributed by atoms with E-state index in [0.717, 1.165) is 6.42 Å². The van der Waals surface area contributed by atoms with E-state index in [1.54, 1.807) is 18.4 Å². The number of anilines is 1. The summed E-state index contributed by atoms with van der Waals surface area (Å²) in [6.07, 6.45) is 2.53. The van der Waals surface area contributed by atoms with Crippen LogP contribution in [-0.2, 0) is 22.6 Å². The second-order valence-electron chi connectivity index (χ2n) is 7.58. The summed E-state index contributed by atoms with van der Waals surface area (Å²) >= 11 is 0. The summed E-state index contributed by atoms with van der Waals surface area (Å²) in [5, 5.41) is 2.94. The number of amides is 2. The van der Waals surface area contributed by atoms with Gasteiger partial charge in [-0.2, -0.15) is 0 Å². The zero-order valence-corrected chi connectivity index (χ0v) is 17.2. The molecule has 0 saturated carbocycles. The third-order valence-corrected chi connectivity index (χ3v) is 6.38. The van der Waals surface area contributed by atoms with Crippen molar-refractivity contribution in [1.82, 2.24) is 4.90 Å². The summed E-state index contributed by atoms with van der Waals surface area (Å²) in [6.45, 7) is 1.33. The van der Waals surface area contributed by atoms with Crippen molar-refractivity contribution >= 4 is 22.5 Å². The van der Waals surface area contributed by atoms with Gasteiger partial charge in [0.15, 0.2) is 0 Å². The SMILES string of the molecule is CS(=O)c1cccc(NC(=O)N2CC(Cc3ccccc3)(c3ccccc3)C2)c1. The van der Waals surface area contributed by atoms with Gasteiger partial charge in [-0.15, -0.1) is 0 Å². The van der Waals surface area contributed by atoms with Gasteiger partial charge in [-0.1, -0.05) is 66.7 Å². The molecule has 0 aromatic heterocycles. The topological polar surface area (TPSA) is 49.4 Å². The van der Waals surface area contributed by atoms with Crippen molar-refractivity contribution in [1.29, 1.82) is 0 Å². The van der Waals surface area contributed by atoms with Crippen LogP contribution in [0, 0.1) is 0 Å². The lowest BCUT2D eigenvalue weighted by molar-refractivity contribution is 0.0996. The number of benzene rings is 3. The molecule has 1 aliphatic rings. The van der Waals surface area contributed by atoms with Gasteiger partial charge in [0, 0.05) is 46.1 Å². The molecule has 29 heavy (non-hydrogen) atoms. The molecule has 1 N–H and O–H groups in total. The first-order valence-corrected chi connectivity index (χ1v) is 11.2. The first-order valence-electron chi connectivity index (χ1n) is 9.65. The van der Waals surface area contributed by atoms with Gasteiger partial charge in [0.2, 0.25) is 0 Å². The molecule has 1 saturated heterocycles. The number of carbonyl (C=O) groups excluding carboxylic acids is 1. The lowest BCUT2D eigenvalue weighted by Gasteiger charge is -2.50. The Morgan fingerprint density at radius 2 is 1.62 bits per heavy atom. The lowest BCUT2D eigenvalue weighted by Crippen LogP contribution is -2.63. The molecular formula is C24H24N2O2S. The van der Waals surface area contributed by atoms with Crippen LogP contribution in [0.5, 0.6) is 0 Å². The minimum Gasteiger partial charge on any atom is -0.323 e. The van der Waals surface area contributed by atoms with Gasteiger partial charge in [-0.05, 0) is 35.7 Å². The molecule has 1 heterocycles. The predicted molar refractivity (Wildman–Crippen MR) is 118 cm³/mol. The van der Waals surface area contributed by atoms with Crippen molar-refractivity contribution < 1.29 is 9.00 Å². The molecule has 4 rings (SSSR count). The normalized spacial score (nSPS) is 16.0. The highest BCUT2D eigenvalue weighted by atomic mass is 32.2. The molecule has 3 aromatic rings. The summed E-state index contributed by atoms with van der Waals surface area (Å²) in [6, 6.07) is 27.9. The quantitative estimate of drug-likeness (QED) is 0.683. The number of likely N-dealkylation sites (tertiary alicyclic amines) is 1. The third-order valence-electron chi connectivity index (χ3n) is 5.46. The average molecular weight is 405 g/mol. The van der Waals surface area contributed by atoms with Crippen LogP contribution in [0.3, 0.4) is 0 Å². The first-order chi connectivity index (χ1) is 14.1. The van der Waals surface area contributed by atoms with E-state index in [2.05, 4.69) is 53.8 Å². The molecule has 0 bridgehead atoms. The summed E-state index contributed by atoms with van der Waals surface area (Å²) in [5.74, 6) is 0. The smallest absolute Gasteiger partial charge is 0.321 e. The van der Waals surface area contributed by atoms with Crippen molar-refractivity contribution in [3.8, 4) is 0 Å². The standard InChI is InChI=1S/C24H24N2O2S/c1-29(28)22-14-8-13-21(15-22)25-23(27)26-17-24(18-26,20-11-6-3-7-12-20)16-19-9-4-2-5-10-19/h2-15H,16-18H2,1H3,(H,25,27). The molecular weight excluding hydrogens is 380 g/mol. The molecule has 5 heteroatoms. The molecule has 0 radical (unpaired) electrons. The monoisotopic (exact) mass is 404 g/mol. The maximum Gasteiger partial charge on any atom is 0.321 e. The Labute approximate surface area is 174 Å². The lowest BCUT2D eigenvalue weighted by atomic mass is 9.70. The number of nitrogens with one attached hydrogen (secondary N) is 1. The van der Waals surface area contributed by atoms with Gasteiger partial charge < -0.3 is 10.2 Å². The van der Waals surface area contributed by atoms with E-state index in [0.29, 0.717) is 23.7 Å². The Hall–Kier alpha value is -2.92. The van der Waals surface area contributed by atoms with Crippen LogP contribution >= 0.6 is 0 Å². The Morgan fingerprint density at radius 1 is 0.966 bits per heavy atom. The molecule has 0 spiro atoms. The minimum absolute atomic E-state index is 0.0767. The average Bonchev–Trinajstić information content (AvgIpc) is 2.72. The minimum atomic E-state index is -1.08. The van der Waals surface area contributed by atoms with E-state index >= 15 is 0 Å². The highest BCUT2D eigenvalue weighted by Crippen LogP contribution is 2.38. The first kappa shape index (κ1) is 19.4. The molecule has 1 atom stereocenters. The molecule has 1 aliphatic heterocycles. The van der Waals surface area contributed by atoms with E-state index in [-0.39, 0.29) is 11.4 Å². The Morgan fingerprint density at radius 3 is 2.28 bits per heavy atom. The van der Waals surface area contributed by atoms with E-state index in [1.807, 2.05) is 29.2 Å². The third kappa shape index (κ3) is 4.25. The van der Waals surface area contributed by atoms with E-state index < -0.39 is 10.8 Å². The largest absolute Gasteiger partial charge is 0.323 e. The maximum atomic E-state index is 12.8. The Balaban J connectivity index is 1.49. The number of nitrogens with zero attached hydrogens (tertiary/aromatic N) is 1. The Bertz CT molecular complexity index is 1020. The van der Waals surface area contributed by atoms with Crippen LogP contribution in [0.15, 0.2) is 89.8 Å². The van der Waals surface area contributed by atoms with Crippen LogP contribution < -0.4 is 5.32 Å². The van der Waals surface area contributed by atoms with Gasteiger partial charge in [-0.25, -0.2) is 4.79 Å². The maximum absolute atomic E-state index is 12.8. The molecule has 3 aromatic carbocycles. The highest BCUT2D eigenvalue weighted by Gasteiger charge is 2.46. The fourth-order valence-electron chi connectivity index (χ4n) is 3.96. The fraction of sp³-hybridized carbons (Fsp3) is 0.208. The molecule has 2 amide bonds. The van der Waals surface area contributed by atoms with E-state index in [9.17, 15) is 9.00 Å².